The third kappa shape index (κ3) is 4.35. The van der Waals surface area contributed by atoms with E-state index in [-0.39, 0.29) is 11.8 Å². The molecule has 2 aliphatic heterocycles. The largest absolute Gasteiger partial charge is 0.367 e. The Hall–Kier alpha value is -4.06. The van der Waals surface area contributed by atoms with Gasteiger partial charge in [-0.05, 0) is 53.4 Å². The van der Waals surface area contributed by atoms with Gasteiger partial charge in [0, 0.05) is 67.6 Å². The molecule has 36 heavy (non-hydrogen) atoms. The van der Waals surface area contributed by atoms with Crippen molar-refractivity contribution < 1.29 is 9.59 Å². The molecule has 182 valence electrons. The fourth-order valence-corrected chi connectivity index (χ4v) is 5.43. The molecule has 4 aromatic rings. The first-order valence-electron chi connectivity index (χ1n) is 12.7. The van der Waals surface area contributed by atoms with Gasteiger partial charge in [0.2, 0.25) is 5.91 Å². The summed E-state index contributed by atoms with van der Waals surface area (Å²) in [5.41, 5.74) is 6.72. The van der Waals surface area contributed by atoms with Crippen LogP contribution in [-0.4, -0.2) is 59.3 Å². The summed E-state index contributed by atoms with van der Waals surface area (Å²) in [6.45, 7) is 4.14. The van der Waals surface area contributed by atoms with Gasteiger partial charge in [0.25, 0.3) is 5.91 Å². The van der Waals surface area contributed by atoms with Crippen LogP contribution in [0.3, 0.4) is 0 Å². The number of H-pyrrole nitrogens is 1. The molecule has 1 saturated heterocycles. The minimum atomic E-state index is 0.0364. The zero-order chi connectivity index (χ0) is 24.5. The third-order valence-corrected chi connectivity index (χ3v) is 7.55. The molecule has 1 N–H and O–H groups in total. The number of fused-ring (bicyclic) bond motifs is 2. The number of amides is 2. The third-order valence-electron chi connectivity index (χ3n) is 7.55. The predicted octanol–water partition coefficient (Wildman–Crippen LogP) is 4.26. The summed E-state index contributed by atoms with van der Waals surface area (Å²) in [6.07, 6.45) is 3.34. The molecule has 3 heterocycles. The summed E-state index contributed by atoms with van der Waals surface area (Å²) in [7, 11) is 0. The van der Waals surface area contributed by atoms with Crippen LogP contribution in [0.5, 0.6) is 0 Å². The summed E-state index contributed by atoms with van der Waals surface area (Å²) in [5, 5.41) is 1.09. The first-order valence-corrected chi connectivity index (χ1v) is 12.7. The number of aromatic nitrogens is 1. The second-order valence-corrected chi connectivity index (χ2v) is 9.70. The molecule has 6 rings (SSSR count). The number of anilines is 1. The molecule has 0 bridgehead atoms. The van der Waals surface area contributed by atoms with Crippen molar-refractivity contribution in [1.82, 2.24) is 14.8 Å². The van der Waals surface area contributed by atoms with E-state index in [0.29, 0.717) is 38.2 Å². The Kier molecular flexibility index (Phi) is 5.93. The van der Waals surface area contributed by atoms with Gasteiger partial charge in [-0.3, -0.25) is 9.59 Å². The zero-order valence-corrected chi connectivity index (χ0v) is 20.3. The van der Waals surface area contributed by atoms with Crippen LogP contribution in [0.15, 0.2) is 79.0 Å². The first kappa shape index (κ1) is 22.4. The van der Waals surface area contributed by atoms with E-state index in [2.05, 4.69) is 46.3 Å². The van der Waals surface area contributed by atoms with Crippen LogP contribution in [0.4, 0.5) is 5.69 Å². The fraction of sp³-hybridized carbons (Fsp3) is 0.267. The molecule has 1 fully saturated rings. The van der Waals surface area contributed by atoms with E-state index in [9.17, 15) is 9.59 Å². The van der Waals surface area contributed by atoms with E-state index >= 15 is 0 Å². The molecule has 6 heteroatoms. The van der Waals surface area contributed by atoms with Gasteiger partial charge in [-0.1, -0.05) is 42.5 Å². The van der Waals surface area contributed by atoms with Crippen molar-refractivity contribution >= 4 is 28.4 Å². The molecule has 0 spiro atoms. The highest BCUT2D eigenvalue weighted by atomic mass is 16.2. The van der Waals surface area contributed by atoms with Crippen LogP contribution in [0.25, 0.3) is 10.9 Å². The fourth-order valence-electron chi connectivity index (χ4n) is 5.43. The molecular weight excluding hydrogens is 448 g/mol. The van der Waals surface area contributed by atoms with Crippen molar-refractivity contribution in [2.24, 2.45) is 0 Å². The monoisotopic (exact) mass is 478 g/mol. The van der Waals surface area contributed by atoms with Crippen molar-refractivity contribution in [2.45, 2.75) is 19.4 Å². The number of aromatic amines is 1. The Bertz CT molecular complexity index is 1400. The lowest BCUT2D eigenvalue weighted by Gasteiger charge is -2.35. The van der Waals surface area contributed by atoms with E-state index < -0.39 is 0 Å². The SMILES string of the molecule is O=C(Cc1c[nH]c2ccccc12)N1CCN(C(=O)c2ccc(N3CCc4ccccc4C3)cc2)CC1. The molecule has 3 aromatic carbocycles. The number of rotatable bonds is 4. The maximum Gasteiger partial charge on any atom is 0.253 e. The lowest BCUT2D eigenvalue weighted by molar-refractivity contribution is -0.131. The smallest absolute Gasteiger partial charge is 0.253 e. The van der Waals surface area contributed by atoms with Crippen molar-refractivity contribution in [1.29, 1.82) is 0 Å². The molecule has 2 amide bonds. The van der Waals surface area contributed by atoms with Gasteiger partial charge in [0.15, 0.2) is 0 Å². The van der Waals surface area contributed by atoms with Gasteiger partial charge in [-0.25, -0.2) is 0 Å². The number of piperazine rings is 1. The Labute approximate surface area is 211 Å². The number of carbonyl (C=O) groups excluding carboxylic acids is 2. The van der Waals surface area contributed by atoms with Crippen molar-refractivity contribution in [3.05, 3.63) is 101 Å². The summed E-state index contributed by atoms with van der Waals surface area (Å²) in [6, 6.07) is 24.6. The van der Waals surface area contributed by atoms with Gasteiger partial charge in [0.1, 0.15) is 0 Å². The molecular formula is C30H30N4O2. The molecule has 0 unspecified atom stereocenters. The molecule has 2 aliphatic rings. The quantitative estimate of drug-likeness (QED) is 0.477. The highest BCUT2D eigenvalue weighted by Gasteiger charge is 2.25. The normalized spacial score (nSPS) is 15.7. The van der Waals surface area contributed by atoms with Crippen molar-refractivity contribution in [3.63, 3.8) is 0 Å². The number of para-hydroxylation sites is 1. The molecule has 1 aromatic heterocycles. The number of benzene rings is 3. The van der Waals surface area contributed by atoms with Crippen molar-refractivity contribution in [3.8, 4) is 0 Å². The molecule has 0 atom stereocenters. The lowest BCUT2D eigenvalue weighted by atomic mass is 9.99. The Balaban J connectivity index is 1.04. The summed E-state index contributed by atoms with van der Waals surface area (Å²) in [5.74, 6) is 0.147. The topological polar surface area (TPSA) is 59.7 Å². The van der Waals surface area contributed by atoms with E-state index in [4.69, 9.17) is 0 Å². The van der Waals surface area contributed by atoms with Crippen LogP contribution in [0, 0.1) is 0 Å². The summed E-state index contributed by atoms with van der Waals surface area (Å²) < 4.78 is 0. The second-order valence-electron chi connectivity index (χ2n) is 9.70. The van der Waals surface area contributed by atoms with Crippen LogP contribution in [0.1, 0.15) is 27.0 Å². The van der Waals surface area contributed by atoms with Crippen LogP contribution < -0.4 is 4.90 Å². The van der Waals surface area contributed by atoms with E-state index in [1.165, 1.54) is 11.1 Å². The van der Waals surface area contributed by atoms with E-state index in [1.54, 1.807) is 0 Å². The lowest BCUT2D eigenvalue weighted by Crippen LogP contribution is -2.51. The second kappa shape index (κ2) is 9.53. The summed E-state index contributed by atoms with van der Waals surface area (Å²) >= 11 is 0. The standard InChI is InChI=1S/C30H30N4O2/c35-29(19-25-20-31-28-8-4-3-7-27(25)28)32-15-17-33(18-16-32)30(36)23-9-11-26(12-10-23)34-14-13-22-5-1-2-6-24(22)21-34/h1-12,20,31H,13-19,21H2. The molecule has 0 saturated carbocycles. The highest BCUT2D eigenvalue weighted by Crippen LogP contribution is 2.25. The number of hydrogen-bond donors (Lipinski definition) is 1. The minimum absolute atomic E-state index is 0.0364. The zero-order valence-electron chi connectivity index (χ0n) is 20.3. The van der Waals surface area contributed by atoms with Crippen LogP contribution in [0.2, 0.25) is 0 Å². The predicted molar refractivity (Wildman–Crippen MR) is 142 cm³/mol. The molecule has 6 nitrogen and oxygen atoms in total. The first-order chi connectivity index (χ1) is 17.7. The average Bonchev–Trinajstić information content (AvgIpc) is 3.35. The number of nitrogens with zero attached hydrogens (tertiary/aromatic N) is 3. The number of carbonyl (C=O) groups is 2. The number of nitrogens with one attached hydrogen (secondary N) is 1. The van der Waals surface area contributed by atoms with E-state index in [0.717, 1.165) is 41.7 Å². The maximum atomic E-state index is 13.1. The van der Waals surface area contributed by atoms with Gasteiger partial charge < -0.3 is 19.7 Å². The van der Waals surface area contributed by atoms with E-state index in [1.807, 2.05) is 52.4 Å². The highest BCUT2D eigenvalue weighted by molar-refractivity contribution is 5.95. The Morgan fingerprint density at radius 2 is 1.44 bits per heavy atom. The molecule has 0 radical (unpaired) electrons. The average molecular weight is 479 g/mol. The van der Waals surface area contributed by atoms with Crippen LogP contribution >= 0.6 is 0 Å². The van der Waals surface area contributed by atoms with Gasteiger partial charge >= 0.3 is 0 Å². The Morgan fingerprint density at radius 1 is 0.750 bits per heavy atom. The number of hydrogen-bond acceptors (Lipinski definition) is 3. The van der Waals surface area contributed by atoms with Gasteiger partial charge in [-0.15, -0.1) is 0 Å². The summed E-state index contributed by atoms with van der Waals surface area (Å²) in [4.78, 5) is 35.4. The van der Waals surface area contributed by atoms with Crippen molar-refractivity contribution in [2.75, 3.05) is 37.6 Å². The molecule has 0 aliphatic carbocycles. The maximum absolute atomic E-state index is 13.1. The van der Waals surface area contributed by atoms with Gasteiger partial charge in [-0.2, -0.15) is 0 Å². The van der Waals surface area contributed by atoms with Gasteiger partial charge in [0.05, 0.1) is 6.42 Å². The Morgan fingerprint density at radius 3 is 2.25 bits per heavy atom. The van der Waals surface area contributed by atoms with Crippen LogP contribution in [-0.2, 0) is 24.2 Å². The minimum Gasteiger partial charge on any atom is -0.367 e.